The molecule has 0 N–H and O–H groups in total. The van der Waals surface area contributed by atoms with Crippen LogP contribution in [0.5, 0.6) is 5.75 Å². The Kier molecular flexibility index (Phi) is 4.93. The summed E-state index contributed by atoms with van der Waals surface area (Å²) < 4.78 is 12.6. The molecule has 0 bridgehead atoms. The molecule has 0 atom stereocenters. The molecule has 2 aromatic heterocycles. The van der Waals surface area contributed by atoms with Gasteiger partial charge in [-0.05, 0) is 43.3 Å². The van der Waals surface area contributed by atoms with Crippen molar-refractivity contribution in [3.05, 3.63) is 72.3 Å². The van der Waals surface area contributed by atoms with Crippen LogP contribution in [-0.2, 0) is 5.75 Å². The van der Waals surface area contributed by atoms with Crippen LogP contribution in [0.15, 0.2) is 70.6 Å². The Morgan fingerprint density at radius 1 is 1.07 bits per heavy atom. The first-order valence-corrected chi connectivity index (χ1v) is 9.42. The van der Waals surface area contributed by atoms with Crippen LogP contribution in [-0.4, -0.2) is 26.8 Å². The summed E-state index contributed by atoms with van der Waals surface area (Å²) in [6, 6.07) is 15.9. The Morgan fingerprint density at radius 3 is 2.59 bits per heavy atom. The number of benzene rings is 2. The fourth-order valence-corrected chi connectivity index (χ4v) is 3.41. The number of aryl methyl sites for hydroxylation is 1. The van der Waals surface area contributed by atoms with E-state index in [1.54, 1.807) is 25.1 Å². The number of ether oxygens (including phenoxy) is 1. The van der Waals surface area contributed by atoms with E-state index >= 15 is 0 Å². The Morgan fingerprint density at radius 2 is 1.85 bits per heavy atom. The van der Waals surface area contributed by atoms with E-state index in [0.29, 0.717) is 17.5 Å². The molecule has 0 amide bonds. The van der Waals surface area contributed by atoms with Gasteiger partial charge in [0.2, 0.25) is 0 Å². The summed E-state index contributed by atoms with van der Waals surface area (Å²) in [5, 5.41) is 4.94. The average molecular weight is 378 g/mol. The second kappa shape index (κ2) is 7.67. The third kappa shape index (κ3) is 3.88. The minimum atomic E-state index is 0.532. The Labute approximate surface area is 161 Å². The molecule has 4 rings (SSSR count). The number of hydrogen-bond acceptors (Lipinski definition) is 6. The standard InChI is InChI=1S/C20H18N4O2S/c1-14-3-5-15(6-4-14)19-22-18(23-26-19)13-27-20-21-11-12-24(20)16-7-9-17(25-2)10-8-16/h3-12H,13H2,1-2H3. The molecule has 27 heavy (non-hydrogen) atoms. The summed E-state index contributed by atoms with van der Waals surface area (Å²) in [4.78, 5) is 8.92. The predicted molar refractivity (Wildman–Crippen MR) is 104 cm³/mol. The van der Waals surface area contributed by atoms with Gasteiger partial charge in [0, 0.05) is 23.6 Å². The smallest absolute Gasteiger partial charge is 0.257 e. The van der Waals surface area contributed by atoms with Crippen LogP contribution >= 0.6 is 11.8 Å². The molecule has 0 unspecified atom stereocenters. The zero-order chi connectivity index (χ0) is 18.6. The number of rotatable bonds is 6. The number of nitrogens with zero attached hydrogens (tertiary/aromatic N) is 4. The summed E-state index contributed by atoms with van der Waals surface area (Å²) in [5.74, 6) is 2.56. The molecule has 136 valence electrons. The van der Waals surface area contributed by atoms with E-state index < -0.39 is 0 Å². The lowest BCUT2D eigenvalue weighted by Crippen LogP contribution is -1.96. The van der Waals surface area contributed by atoms with Gasteiger partial charge in [-0.15, -0.1) is 0 Å². The summed E-state index contributed by atoms with van der Waals surface area (Å²) >= 11 is 1.56. The maximum atomic E-state index is 5.39. The largest absolute Gasteiger partial charge is 0.497 e. The van der Waals surface area contributed by atoms with E-state index in [-0.39, 0.29) is 0 Å². The van der Waals surface area contributed by atoms with Crippen LogP contribution in [0.25, 0.3) is 17.1 Å². The van der Waals surface area contributed by atoms with Crippen molar-refractivity contribution in [1.29, 1.82) is 0 Å². The fourth-order valence-electron chi connectivity index (χ4n) is 2.59. The van der Waals surface area contributed by atoms with Gasteiger partial charge in [0.15, 0.2) is 11.0 Å². The van der Waals surface area contributed by atoms with Crippen LogP contribution in [0.2, 0.25) is 0 Å². The van der Waals surface area contributed by atoms with Gasteiger partial charge in [0.1, 0.15) is 5.75 Å². The number of aromatic nitrogens is 4. The van der Waals surface area contributed by atoms with Crippen LogP contribution in [0, 0.1) is 6.92 Å². The van der Waals surface area contributed by atoms with Gasteiger partial charge < -0.3 is 9.26 Å². The van der Waals surface area contributed by atoms with E-state index in [0.717, 1.165) is 22.2 Å². The van der Waals surface area contributed by atoms with Crippen molar-refractivity contribution < 1.29 is 9.26 Å². The first kappa shape index (κ1) is 17.4. The molecular weight excluding hydrogens is 360 g/mol. The normalized spacial score (nSPS) is 10.9. The predicted octanol–water partition coefficient (Wildman–Crippen LogP) is 4.53. The highest BCUT2D eigenvalue weighted by Gasteiger charge is 2.12. The van der Waals surface area contributed by atoms with E-state index in [9.17, 15) is 0 Å². The number of methoxy groups -OCH3 is 1. The number of thioether (sulfide) groups is 1. The van der Waals surface area contributed by atoms with Crippen LogP contribution in [0.3, 0.4) is 0 Å². The Hall–Kier alpha value is -3.06. The highest BCUT2D eigenvalue weighted by atomic mass is 32.2. The van der Waals surface area contributed by atoms with Crippen molar-refractivity contribution in [2.45, 2.75) is 17.8 Å². The molecule has 2 heterocycles. The van der Waals surface area contributed by atoms with E-state index in [2.05, 4.69) is 15.1 Å². The molecule has 4 aromatic rings. The van der Waals surface area contributed by atoms with Gasteiger partial charge in [-0.1, -0.05) is 34.6 Å². The third-order valence-corrected chi connectivity index (χ3v) is 5.02. The Bertz CT molecular complexity index is 1020. The van der Waals surface area contributed by atoms with Gasteiger partial charge >= 0.3 is 0 Å². The zero-order valence-corrected chi connectivity index (χ0v) is 15.8. The molecular formula is C20H18N4O2S. The maximum absolute atomic E-state index is 5.39. The minimum Gasteiger partial charge on any atom is -0.497 e. The van der Waals surface area contributed by atoms with Gasteiger partial charge in [0.25, 0.3) is 5.89 Å². The average Bonchev–Trinajstić information content (AvgIpc) is 3.36. The number of hydrogen-bond donors (Lipinski definition) is 0. The summed E-state index contributed by atoms with van der Waals surface area (Å²) in [5.41, 5.74) is 3.13. The van der Waals surface area contributed by atoms with E-state index in [1.807, 2.05) is 66.2 Å². The SMILES string of the molecule is COc1ccc(-n2ccnc2SCc2noc(-c3ccc(C)cc3)n2)cc1. The first-order chi connectivity index (χ1) is 13.2. The van der Waals surface area contributed by atoms with Gasteiger partial charge in [-0.25, -0.2) is 4.98 Å². The lowest BCUT2D eigenvalue weighted by atomic mass is 10.1. The van der Waals surface area contributed by atoms with Crippen molar-refractivity contribution in [3.63, 3.8) is 0 Å². The highest BCUT2D eigenvalue weighted by molar-refractivity contribution is 7.98. The molecule has 6 nitrogen and oxygen atoms in total. The summed E-state index contributed by atoms with van der Waals surface area (Å²) in [6.07, 6.45) is 3.71. The van der Waals surface area contributed by atoms with Gasteiger partial charge in [-0.3, -0.25) is 4.57 Å². The lowest BCUT2D eigenvalue weighted by Gasteiger charge is -2.07. The van der Waals surface area contributed by atoms with Crippen LogP contribution < -0.4 is 4.74 Å². The zero-order valence-electron chi connectivity index (χ0n) is 15.0. The molecule has 0 aliphatic rings. The van der Waals surface area contributed by atoms with E-state index in [1.165, 1.54) is 5.56 Å². The second-order valence-corrected chi connectivity index (χ2v) is 6.89. The van der Waals surface area contributed by atoms with E-state index in [4.69, 9.17) is 9.26 Å². The van der Waals surface area contributed by atoms with Crippen molar-refractivity contribution in [3.8, 4) is 22.9 Å². The monoisotopic (exact) mass is 378 g/mol. The second-order valence-electron chi connectivity index (χ2n) is 5.95. The molecule has 0 aliphatic carbocycles. The van der Waals surface area contributed by atoms with Crippen molar-refractivity contribution in [2.24, 2.45) is 0 Å². The molecule has 0 aliphatic heterocycles. The van der Waals surface area contributed by atoms with Crippen molar-refractivity contribution in [1.82, 2.24) is 19.7 Å². The van der Waals surface area contributed by atoms with Crippen LogP contribution in [0.1, 0.15) is 11.4 Å². The lowest BCUT2D eigenvalue weighted by molar-refractivity contribution is 0.414. The fraction of sp³-hybridized carbons (Fsp3) is 0.150. The topological polar surface area (TPSA) is 66.0 Å². The maximum Gasteiger partial charge on any atom is 0.257 e. The quantitative estimate of drug-likeness (QED) is 0.459. The van der Waals surface area contributed by atoms with Crippen molar-refractivity contribution in [2.75, 3.05) is 7.11 Å². The Balaban J connectivity index is 1.47. The summed E-state index contributed by atoms with van der Waals surface area (Å²) in [7, 11) is 1.66. The van der Waals surface area contributed by atoms with Crippen molar-refractivity contribution >= 4 is 11.8 Å². The molecule has 0 spiro atoms. The molecule has 0 saturated carbocycles. The molecule has 7 heteroatoms. The first-order valence-electron chi connectivity index (χ1n) is 8.43. The molecule has 0 saturated heterocycles. The molecule has 0 fully saturated rings. The van der Waals surface area contributed by atoms with Gasteiger partial charge in [-0.2, -0.15) is 4.98 Å². The minimum absolute atomic E-state index is 0.532. The number of imidazole rings is 1. The van der Waals surface area contributed by atoms with Gasteiger partial charge in [0.05, 0.1) is 12.9 Å². The molecule has 2 aromatic carbocycles. The van der Waals surface area contributed by atoms with Crippen LogP contribution in [0.4, 0.5) is 0 Å². The highest BCUT2D eigenvalue weighted by Crippen LogP contribution is 2.25. The summed E-state index contributed by atoms with van der Waals surface area (Å²) in [6.45, 7) is 2.05. The molecule has 0 radical (unpaired) electrons. The third-order valence-electron chi connectivity index (χ3n) is 4.05.